The molecule has 148 valence electrons. The third-order valence-electron chi connectivity index (χ3n) is 4.07. The number of methoxy groups -OCH3 is 1. The first-order valence-corrected chi connectivity index (χ1v) is 8.96. The lowest BCUT2D eigenvalue weighted by Crippen LogP contribution is -2.14. The van der Waals surface area contributed by atoms with Crippen LogP contribution in [0.1, 0.15) is 15.9 Å². The Morgan fingerprint density at radius 2 is 1.79 bits per heavy atom. The molecule has 0 aliphatic rings. The van der Waals surface area contributed by atoms with Crippen LogP contribution in [-0.2, 0) is 6.61 Å². The molecule has 0 fully saturated rings. The monoisotopic (exact) mass is 412 g/mol. The number of nitrogens with one attached hydrogen (secondary N) is 1. The lowest BCUT2D eigenvalue weighted by Gasteiger charge is -2.14. The van der Waals surface area contributed by atoms with Gasteiger partial charge in [-0.1, -0.05) is 41.9 Å². The van der Waals surface area contributed by atoms with Crippen molar-refractivity contribution in [3.8, 4) is 11.5 Å². The van der Waals surface area contributed by atoms with E-state index in [4.69, 9.17) is 21.1 Å². The lowest BCUT2D eigenvalue weighted by molar-refractivity contribution is -0.384. The molecular formula is C21H17ClN2O5. The minimum atomic E-state index is -0.553. The van der Waals surface area contributed by atoms with Crippen LogP contribution < -0.4 is 14.8 Å². The number of ether oxygens (including phenoxy) is 2. The fourth-order valence-corrected chi connectivity index (χ4v) is 2.81. The SMILES string of the molecule is COc1ccc([N+](=O)[O-])cc1NC(=O)c1cc(Cl)ccc1OCc1ccccc1. The zero-order valence-corrected chi connectivity index (χ0v) is 16.2. The van der Waals surface area contributed by atoms with Crippen molar-refractivity contribution in [3.63, 3.8) is 0 Å². The summed E-state index contributed by atoms with van der Waals surface area (Å²) in [5.74, 6) is 0.0900. The molecule has 0 spiro atoms. The van der Waals surface area contributed by atoms with E-state index >= 15 is 0 Å². The van der Waals surface area contributed by atoms with Crippen molar-refractivity contribution >= 4 is 28.9 Å². The number of benzene rings is 3. The number of rotatable bonds is 7. The highest BCUT2D eigenvalue weighted by Gasteiger charge is 2.18. The van der Waals surface area contributed by atoms with Gasteiger partial charge in [0.25, 0.3) is 11.6 Å². The summed E-state index contributed by atoms with van der Waals surface area (Å²) in [4.78, 5) is 23.4. The molecule has 1 N–H and O–H groups in total. The van der Waals surface area contributed by atoms with Crippen LogP contribution in [0.2, 0.25) is 5.02 Å². The summed E-state index contributed by atoms with van der Waals surface area (Å²) in [6.45, 7) is 0.267. The van der Waals surface area contributed by atoms with Crippen molar-refractivity contribution in [2.75, 3.05) is 12.4 Å². The van der Waals surface area contributed by atoms with Crippen molar-refractivity contribution in [1.29, 1.82) is 0 Å². The predicted molar refractivity (Wildman–Crippen MR) is 110 cm³/mol. The van der Waals surface area contributed by atoms with Crippen LogP contribution in [0.5, 0.6) is 11.5 Å². The summed E-state index contributed by atoms with van der Waals surface area (Å²) in [6.07, 6.45) is 0. The number of nitro groups is 1. The van der Waals surface area contributed by atoms with Gasteiger partial charge in [-0.25, -0.2) is 0 Å². The van der Waals surface area contributed by atoms with E-state index in [1.54, 1.807) is 12.1 Å². The Balaban J connectivity index is 1.86. The summed E-state index contributed by atoms with van der Waals surface area (Å²) in [7, 11) is 1.41. The molecule has 0 aromatic heterocycles. The van der Waals surface area contributed by atoms with E-state index < -0.39 is 10.8 Å². The number of carbonyl (C=O) groups is 1. The molecule has 1 amide bonds. The molecule has 3 aromatic carbocycles. The van der Waals surface area contributed by atoms with E-state index in [0.29, 0.717) is 10.8 Å². The largest absolute Gasteiger partial charge is 0.495 e. The van der Waals surface area contributed by atoms with E-state index in [9.17, 15) is 14.9 Å². The molecule has 0 aliphatic carbocycles. The van der Waals surface area contributed by atoms with Gasteiger partial charge < -0.3 is 14.8 Å². The van der Waals surface area contributed by atoms with E-state index in [0.717, 1.165) is 5.56 Å². The predicted octanol–water partition coefficient (Wildman–Crippen LogP) is 5.09. The minimum absolute atomic E-state index is 0.167. The first-order valence-electron chi connectivity index (χ1n) is 8.58. The fraction of sp³-hybridized carbons (Fsp3) is 0.0952. The van der Waals surface area contributed by atoms with Crippen LogP contribution in [0.4, 0.5) is 11.4 Å². The molecule has 3 rings (SSSR count). The second-order valence-corrected chi connectivity index (χ2v) is 6.45. The van der Waals surface area contributed by atoms with Crippen LogP contribution in [0.15, 0.2) is 66.7 Å². The highest BCUT2D eigenvalue weighted by atomic mass is 35.5. The van der Waals surface area contributed by atoms with Gasteiger partial charge in [0.2, 0.25) is 0 Å². The normalized spacial score (nSPS) is 10.3. The molecule has 0 saturated carbocycles. The maximum absolute atomic E-state index is 12.9. The zero-order chi connectivity index (χ0) is 20.8. The van der Waals surface area contributed by atoms with Crippen LogP contribution in [0.3, 0.4) is 0 Å². The molecular weight excluding hydrogens is 396 g/mol. The average Bonchev–Trinajstić information content (AvgIpc) is 2.73. The van der Waals surface area contributed by atoms with Crippen molar-refractivity contribution in [2.45, 2.75) is 6.61 Å². The third-order valence-corrected chi connectivity index (χ3v) is 4.30. The standard InChI is InChI=1S/C21H17ClN2O5/c1-28-20-10-8-16(24(26)27)12-18(20)23-21(25)17-11-15(22)7-9-19(17)29-13-14-5-3-2-4-6-14/h2-12H,13H2,1H3,(H,23,25). The maximum Gasteiger partial charge on any atom is 0.271 e. The first kappa shape index (κ1) is 20.2. The number of nitro benzene ring substituents is 1. The van der Waals surface area contributed by atoms with E-state index in [1.165, 1.54) is 31.4 Å². The molecule has 0 unspecified atom stereocenters. The van der Waals surface area contributed by atoms with Gasteiger partial charge in [0.05, 0.1) is 23.3 Å². The Hall–Kier alpha value is -3.58. The van der Waals surface area contributed by atoms with Crippen molar-refractivity contribution in [2.24, 2.45) is 0 Å². The number of non-ortho nitro benzene ring substituents is 1. The summed E-state index contributed by atoms with van der Waals surface area (Å²) < 4.78 is 11.0. The van der Waals surface area contributed by atoms with Crippen LogP contribution in [0, 0.1) is 10.1 Å². The number of amides is 1. The molecule has 0 aliphatic heterocycles. The van der Waals surface area contributed by atoms with Gasteiger partial charge in [-0.15, -0.1) is 0 Å². The zero-order valence-electron chi connectivity index (χ0n) is 15.4. The number of hydrogen-bond acceptors (Lipinski definition) is 5. The van der Waals surface area contributed by atoms with Crippen LogP contribution >= 0.6 is 11.6 Å². The Labute approximate surface area is 172 Å². The molecule has 0 bridgehead atoms. The molecule has 0 heterocycles. The number of nitrogens with zero attached hydrogens (tertiary/aromatic N) is 1. The lowest BCUT2D eigenvalue weighted by atomic mass is 10.1. The van der Waals surface area contributed by atoms with Crippen molar-refractivity contribution < 1.29 is 19.2 Å². The molecule has 0 atom stereocenters. The summed E-state index contributed by atoms with van der Waals surface area (Å²) in [6, 6.07) is 18.1. The molecule has 7 nitrogen and oxygen atoms in total. The van der Waals surface area contributed by atoms with Crippen molar-refractivity contribution in [3.05, 3.63) is 93.0 Å². The number of anilines is 1. The van der Waals surface area contributed by atoms with Gasteiger partial charge in [-0.2, -0.15) is 0 Å². The van der Waals surface area contributed by atoms with E-state index in [2.05, 4.69) is 5.32 Å². The number of halogens is 1. The molecule has 0 radical (unpaired) electrons. The van der Waals surface area contributed by atoms with Gasteiger partial charge in [-0.05, 0) is 29.8 Å². The topological polar surface area (TPSA) is 90.7 Å². The third kappa shape index (κ3) is 5.03. The highest BCUT2D eigenvalue weighted by molar-refractivity contribution is 6.31. The van der Waals surface area contributed by atoms with Gasteiger partial charge in [0.1, 0.15) is 18.1 Å². The molecule has 3 aromatic rings. The summed E-state index contributed by atoms with van der Waals surface area (Å²) >= 11 is 6.06. The van der Waals surface area contributed by atoms with Crippen LogP contribution in [0.25, 0.3) is 0 Å². The van der Waals surface area contributed by atoms with E-state index in [1.807, 2.05) is 30.3 Å². The van der Waals surface area contributed by atoms with Gasteiger partial charge in [-0.3, -0.25) is 14.9 Å². The fourth-order valence-electron chi connectivity index (χ4n) is 2.64. The molecule has 29 heavy (non-hydrogen) atoms. The minimum Gasteiger partial charge on any atom is -0.495 e. The Morgan fingerprint density at radius 1 is 1.07 bits per heavy atom. The van der Waals surface area contributed by atoms with Gasteiger partial charge in [0, 0.05) is 17.2 Å². The summed E-state index contributed by atoms with van der Waals surface area (Å²) in [5.41, 5.74) is 1.13. The maximum atomic E-state index is 12.9. The Bertz CT molecular complexity index is 1040. The Morgan fingerprint density at radius 3 is 2.48 bits per heavy atom. The van der Waals surface area contributed by atoms with Crippen LogP contribution in [-0.4, -0.2) is 17.9 Å². The van der Waals surface area contributed by atoms with Crippen molar-refractivity contribution in [1.82, 2.24) is 0 Å². The van der Waals surface area contributed by atoms with Gasteiger partial charge >= 0.3 is 0 Å². The molecule has 0 saturated heterocycles. The average molecular weight is 413 g/mol. The van der Waals surface area contributed by atoms with Gasteiger partial charge in [0.15, 0.2) is 0 Å². The highest BCUT2D eigenvalue weighted by Crippen LogP contribution is 2.31. The second kappa shape index (κ2) is 9.07. The quantitative estimate of drug-likeness (QED) is 0.431. The smallest absolute Gasteiger partial charge is 0.271 e. The van der Waals surface area contributed by atoms with E-state index in [-0.39, 0.29) is 29.3 Å². The summed E-state index contributed by atoms with van der Waals surface area (Å²) in [5, 5.41) is 14.0. The number of carbonyl (C=O) groups excluding carboxylic acids is 1. The first-order chi connectivity index (χ1) is 14.0. The molecule has 8 heteroatoms. The Kier molecular flexibility index (Phi) is 6.31. The number of hydrogen-bond donors (Lipinski definition) is 1. The second-order valence-electron chi connectivity index (χ2n) is 6.01.